The first-order valence-electron chi connectivity index (χ1n) is 5.02. The van der Waals surface area contributed by atoms with Crippen LogP contribution in [0.25, 0.3) is 0 Å². The Morgan fingerprint density at radius 2 is 1.33 bits per heavy atom. The molecule has 0 bridgehead atoms. The Kier molecular flexibility index (Phi) is 4.26. The Morgan fingerprint density at radius 3 is 1.67 bits per heavy atom. The van der Waals surface area contributed by atoms with Crippen LogP contribution in [0, 0.1) is 0 Å². The summed E-state index contributed by atoms with van der Waals surface area (Å²) >= 11 is 0. The topological polar surface area (TPSA) is 19.9 Å². The van der Waals surface area contributed by atoms with Crippen LogP contribution in [0.2, 0.25) is 0 Å². The average Bonchev–Trinajstić information content (AvgIpc) is 2.23. The molecule has 101 valence electrons. The van der Waals surface area contributed by atoms with E-state index in [1.54, 1.807) is 0 Å². The van der Waals surface area contributed by atoms with Crippen molar-refractivity contribution >= 4 is 0 Å². The van der Waals surface area contributed by atoms with E-state index in [1.165, 1.54) is 0 Å². The second-order valence-corrected chi connectivity index (χ2v) is 3.63. The van der Waals surface area contributed by atoms with Gasteiger partial charge in [0.05, 0.1) is 17.7 Å². The first-order chi connectivity index (χ1) is 8.18. The van der Waals surface area contributed by atoms with Gasteiger partial charge >= 0.3 is 12.4 Å². The standard InChI is InChI=1S/C11H9F6O/c12-10(13,14)8-4-1-5-9(11(15,16)17)7(8)3-2-6-18/h1,4-5H,2-3,6H2. The highest BCUT2D eigenvalue weighted by Crippen LogP contribution is 2.39. The van der Waals surface area contributed by atoms with Gasteiger partial charge in [0.1, 0.15) is 0 Å². The smallest absolute Gasteiger partial charge is 0.237 e. The molecular formula is C11H9F6O. The molecule has 0 N–H and O–H groups in total. The third-order valence-corrected chi connectivity index (χ3v) is 2.36. The van der Waals surface area contributed by atoms with Crippen molar-refractivity contribution < 1.29 is 31.4 Å². The number of halogens is 6. The molecule has 0 saturated carbocycles. The van der Waals surface area contributed by atoms with Gasteiger partial charge < -0.3 is 0 Å². The molecule has 0 saturated heterocycles. The van der Waals surface area contributed by atoms with Crippen molar-refractivity contribution in [3.05, 3.63) is 34.9 Å². The zero-order valence-electron chi connectivity index (χ0n) is 9.03. The lowest BCUT2D eigenvalue weighted by Crippen LogP contribution is -2.16. The number of rotatable bonds is 3. The molecular weight excluding hydrogens is 262 g/mol. The molecule has 0 aliphatic rings. The van der Waals surface area contributed by atoms with E-state index in [0.717, 1.165) is 0 Å². The lowest BCUT2D eigenvalue weighted by Gasteiger charge is -2.18. The Balaban J connectivity index is 3.35. The first kappa shape index (κ1) is 14.8. The van der Waals surface area contributed by atoms with Crippen LogP contribution in [0.5, 0.6) is 0 Å². The summed E-state index contributed by atoms with van der Waals surface area (Å²) in [5.41, 5.74) is -3.51. The predicted molar refractivity (Wildman–Crippen MR) is 50.3 cm³/mol. The van der Waals surface area contributed by atoms with Crippen molar-refractivity contribution in [1.29, 1.82) is 0 Å². The molecule has 1 aromatic carbocycles. The van der Waals surface area contributed by atoms with Crippen LogP contribution in [-0.4, -0.2) is 6.61 Å². The highest BCUT2D eigenvalue weighted by molar-refractivity contribution is 5.39. The Labute approximate surface area is 99.0 Å². The van der Waals surface area contributed by atoms with Crippen LogP contribution < -0.4 is 0 Å². The molecule has 0 aromatic heterocycles. The largest absolute Gasteiger partial charge is 0.416 e. The molecule has 0 unspecified atom stereocenters. The summed E-state index contributed by atoms with van der Waals surface area (Å²) < 4.78 is 75.6. The molecule has 0 spiro atoms. The molecule has 0 amide bonds. The number of hydrogen-bond donors (Lipinski definition) is 0. The number of hydrogen-bond acceptors (Lipinski definition) is 0. The maximum absolute atomic E-state index is 12.6. The van der Waals surface area contributed by atoms with Gasteiger partial charge in [-0.1, -0.05) is 6.07 Å². The highest BCUT2D eigenvalue weighted by Gasteiger charge is 2.39. The summed E-state index contributed by atoms with van der Waals surface area (Å²) in [5.74, 6) is 0. The van der Waals surface area contributed by atoms with Gasteiger partial charge in [-0.2, -0.15) is 26.3 Å². The molecule has 1 rings (SSSR count). The maximum Gasteiger partial charge on any atom is 0.416 e. The van der Waals surface area contributed by atoms with Gasteiger partial charge in [-0.25, -0.2) is 5.11 Å². The molecule has 7 heteroatoms. The highest BCUT2D eigenvalue weighted by atomic mass is 19.4. The third kappa shape index (κ3) is 3.38. The van der Waals surface area contributed by atoms with Crippen LogP contribution in [-0.2, 0) is 23.9 Å². The molecule has 0 aliphatic carbocycles. The van der Waals surface area contributed by atoms with Crippen molar-refractivity contribution in [1.82, 2.24) is 0 Å². The molecule has 1 radical (unpaired) electrons. The molecule has 0 atom stereocenters. The fourth-order valence-corrected chi connectivity index (χ4v) is 1.64. The van der Waals surface area contributed by atoms with Crippen molar-refractivity contribution in [2.24, 2.45) is 0 Å². The summed E-state index contributed by atoms with van der Waals surface area (Å²) in [6.07, 6.45) is -10.5. The van der Waals surface area contributed by atoms with Gasteiger partial charge in [0, 0.05) is 0 Å². The quantitative estimate of drug-likeness (QED) is 0.738. The fourth-order valence-electron chi connectivity index (χ4n) is 1.64. The molecule has 1 aromatic rings. The van der Waals surface area contributed by atoms with Gasteiger partial charge in [-0.15, -0.1) is 0 Å². The molecule has 0 aliphatic heterocycles. The predicted octanol–water partition coefficient (Wildman–Crippen LogP) is 4.09. The lowest BCUT2D eigenvalue weighted by atomic mass is 9.96. The van der Waals surface area contributed by atoms with Crippen molar-refractivity contribution in [3.63, 3.8) is 0 Å². The van der Waals surface area contributed by atoms with E-state index in [1.807, 2.05) is 0 Å². The fraction of sp³-hybridized carbons (Fsp3) is 0.455. The third-order valence-electron chi connectivity index (χ3n) is 2.36. The summed E-state index contributed by atoms with van der Waals surface area (Å²) in [4.78, 5) is 0. The number of alkyl halides is 6. The summed E-state index contributed by atoms with van der Waals surface area (Å²) in [5, 5.41) is 10.3. The minimum absolute atomic E-state index is 0.268. The van der Waals surface area contributed by atoms with Gasteiger partial charge in [-0.05, 0) is 30.5 Å². The zero-order valence-corrected chi connectivity index (χ0v) is 9.03. The minimum Gasteiger partial charge on any atom is -0.237 e. The van der Waals surface area contributed by atoms with Gasteiger partial charge in [-0.3, -0.25) is 0 Å². The van der Waals surface area contributed by atoms with Crippen LogP contribution >= 0.6 is 0 Å². The van der Waals surface area contributed by atoms with E-state index in [-0.39, 0.29) is 6.42 Å². The van der Waals surface area contributed by atoms with E-state index in [2.05, 4.69) is 0 Å². The van der Waals surface area contributed by atoms with Crippen LogP contribution in [0.4, 0.5) is 26.3 Å². The monoisotopic (exact) mass is 271 g/mol. The van der Waals surface area contributed by atoms with Crippen LogP contribution in [0.3, 0.4) is 0 Å². The van der Waals surface area contributed by atoms with Gasteiger partial charge in [0.25, 0.3) is 0 Å². The second kappa shape index (κ2) is 5.17. The Hall–Kier alpha value is -1.24. The van der Waals surface area contributed by atoms with Crippen molar-refractivity contribution in [3.8, 4) is 0 Å². The normalized spacial score (nSPS) is 12.8. The van der Waals surface area contributed by atoms with E-state index in [0.29, 0.717) is 18.2 Å². The molecule has 0 heterocycles. The first-order valence-corrected chi connectivity index (χ1v) is 5.02. The number of benzene rings is 1. The second-order valence-electron chi connectivity index (χ2n) is 3.63. The van der Waals surface area contributed by atoms with E-state index in [9.17, 15) is 31.4 Å². The molecule has 1 nitrogen and oxygen atoms in total. The van der Waals surface area contributed by atoms with E-state index in [4.69, 9.17) is 0 Å². The van der Waals surface area contributed by atoms with Gasteiger partial charge in [0.15, 0.2) is 0 Å². The van der Waals surface area contributed by atoms with E-state index >= 15 is 0 Å². The van der Waals surface area contributed by atoms with Crippen LogP contribution in [0.15, 0.2) is 18.2 Å². The summed E-state index contributed by atoms with van der Waals surface area (Å²) in [7, 11) is 0. The Bertz CT molecular complexity index is 375. The van der Waals surface area contributed by atoms with E-state index < -0.39 is 42.1 Å². The molecule has 0 fully saturated rings. The van der Waals surface area contributed by atoms with Crippen molar-refractivity contribution in [2.45, 2.75) is 25.2 Å². The maximum atomic E-state index is 12.6. The average molecular weight is 271 g/mol. The lowest BCUT2D eigenvalue weighted by molar-refractivity contribution is -0.144. The van der Waals surface area contributed by atoms with Crippen molar-refractivity contribution in [2.75, 3.05) is 6.61 Å². The Morgan fingerprint density at radius 1 is 0.889 bits per heavy atom. The van der Waals surface area contributed by atoms with Gasteiger partial charge in [0.2, 0.25) is 0 Å². The molecule has 18 heavy (non-hydrogen) atoms. The van der Waals surface area contributed by atoms with Crippen LogP contribution in [0.1, 0.15) is 23.1 Å². The minimum atomic E-state index is -4.86. The SMILES string of the molecule is [O]CCCc1c(C(F)(F)F)cccc1C(F)(F)F. The summed E-state index contributed by atoms with van der Waals surface area (Å²) in [6, 6.07) is 1.90. The zero-order chi connectivity index (χ0) is 14.0. The summed E-state index contributed by atoms with van der Waals surface area (Å²) in [6.45, 7) is -0.719.